The zero-order valence-electron chi connectivity index (χ0n) is 50.1. The SMILES string of the molecule is CCCCCCCCCCCCCCC/C=C/CCCCCCCCCCCCCCCCCCCCCCCC(CC(=O)N(CCCCCCCC)CCCCCCCC)C(=O)OCCCCCCCC. The van der Waals surface area contributed by atoms with Crippen molar-refractivity contribution in [1.82, 2.24) is 4.90 Å². The number of esters is 1. The fraction of sp³-hybridized carbons (Fsp3) is 0.941. The van der Waals surface area contributed by atoms with Gasteiger partial charge in [-0.25, -0.2) is 0 Å². The summed E-state index contributed by atoms with van der Waals surface area (Å²) < 4.78 is 5.88. The smallest absolute Gasteiger partial charge is 0.309 e. The normalized spacial score (nSPS) is 12.1. The second-order valence-electron chi connectivity index (χ2n) is 23.3. The molecule has 0 aliphatic heterocycles. The maximum atomic E-state index is 13.9. The Morgan fingerprint density at radius 2 is 0.569 bits per heavy atom. The molecule has 0 aromatic heterocycles. The van der Waals surface area contributed by atoms with Gasteiger partial charge in [0.2, 0.25) is 5.91 Å². The Kier molecular flexibility index (Phi) is 61.1. The first-order chi connectivity index (χ1) is 35.6. The Bertz CT molecular complexity index is 1060. The van der Waals surface area contributed by atoms with Gasteiger partial charge in [0.15, 0.2) is 0 Å². The Hall–Kier alpha value is -1.32. The molecule has 0 spiro atoms. The van der Waals surface area contributed by atoms with E-state index in [0.29, 0.717) is 13.0 Å². The Labute approximate surface area is 454 Å². The molecule has 0 radical (unpaired) electrons. The van der Waals surface area contributed by atoms with Crippen molar-refractivity contribution in [2.45, 2.75) is 387 Å². The molecule has 0 saturated heterocycles. The summed E-state index contributed by atoms with van der Waals surface area (Å²) in [5.74, 6) is -0.217. The third-order valence-electron chi connectivity index (χ3n) is 16.0. The van der Waals surface area contributed by atoms with Crippen LogP contribution in [0.5, 0.6) is 0 Å². The van der Waals surface area contributed by atoms with Gasteiger partial charge in [-0.3, -0.25) is 9.59 Å². The molecule has 0 fully saturated rings. The van der Waals surface area contributed by atoms with Gasteiger partial charge in [0.1, 0.15) is 0 Å². The molecule has 0 aliphatic carbocycles. The van der Waals surface area contributed by atoms with Crippen LogP contribution in [0, 0.1) is 5.92 Å². The van der Waals surface area contributed by atoms with Crippen LogP contribution in [0.4, 0.5) is 0 Å². The summed E-state index contributed by atoms with van der Waals surface area (Å²) in [4.78, 5) is 29.5. The van der Waals surface area contributed by atoms with Crippen LogP contribution in [0.25, 0.3) is 0 Å². The first-order valence-corrected chi connectivity index (χ1v) is 33.7. The summed E-state index contributed by atoms with van der Waals surface area (Å²) in [6.07, 6.45) is 78.2. The molecule has 4 heteroatoms. The number of allylic oxidation sites excluding steroid dienone is 2. The predicted molar refractivity (Wildman–Crippen MR) is 321 cm³/mol. The fourth-order valence-electron chi connectivity index (χ4n) is 10.9. The second kappa shape index (κ2) is 62.2. The molecule has 0 heterocycles. The van der Waals surface area contributed by atoms with E-state index < -0.39 is 0 Å². The van der Waals surface area contributed by atoms with Gasteiger partial charge < -0.3 is 9.64 Å². The molecule has 0 rings (SSSR count). The van der Waals surface area contributed by atoms with Crippen molar-refractivity contribution in [3.8, 4) is 0 Å². The van der Waals surface area contributed by atoms with Crippen molar-refractivity contribution in [3.63, 3.8) is 0 Å². The number of amides is 1. The van der Waals surface area contributed by atoms with E-state index in [9.17, 15) is 9.59 Å². The van der Waals surface area contributed by atoms with Gasteiger partial charge in [-0.2, -0.15) is 0 Å². The van der Waals surface area contributed by atoms with E-state index in [-0.39, 0.29) is 17.8 Å². The Morgan fingerprint density at radius 1 is 0.319 bits per heavy atom. The molecular weight excluding hydrogens is 879 g/mol. The topological polar surface area (TPSA) is 46.6 Å². The third-order valence-corrected chi connectivity index (χ3v) is 16.0. The number of ether oxygens (including phenoxy) is 1. The van der Waals surface area contributed by atoms with Crippen LogP contribution in [0.3, 0.4) is 0 Å². The predicted octanol–water partition coefficient (Wildman–Crippen LogP) is 23.5. The molecule has 0 aromatic carbocycles. The van der Waals surface area contributed by atoms with Gasteiger partial charge in [0, 0.05) is 19.5 Å². The Balaban J connectivity index is 4.02. The van der Waals surface area contributed by atoms with Gasteiger partial charge in [0.05, 0.1) is 12.5 Å². The first kappa shape index (κ1) is 70.7. The molecule has 0 saturated carbocycles. The number of carbonyl (C=O) groups excluding carboxylic acids is 2. The van der Waals surface area contributed by atoms with Gasteiger partial charge in [-0.05, 0) is 51.4 Å². The van der Waals surface area contributed by atoms with Crippen LogP contribution in [-0.2, 0) is 14.3 Å². The van der Waals surface area contributed by atoms with Gasteiger partial charge in [-0.15, -0.1) is 0 Å². The first-order valence-electron chi connectivity index (χ1n) is 33.7. The minimum absolute atomic E-state index is 0.115. The lowest BCUT2D eigenvalue weighted by molar-refractivity contribution is -0.152. The molecule has 0 bridgehead atoms. The highest BCUT2D eigenvalue weighted by atomic mass is 16.5. The molecule has 0 N–H and O–H groups in total. The zero-order valence-corrected chi connectivity index (χ0v) is 50.1. The van der Waals surface area contributed by atoms with Crippen LogP contribution in [0.15, 0.2) is 12.2 Å². The van der Waals surface area contributed by atoms with Gasteiger partial charge in [0.25, 0.3) is 0 Å². The lowest BCUT2D eigenvalue weighted by Crippen LogP contribution is -2.35. The van der Waals surface area contributed by atoms with Crippen molar-refractivity contribution < 1.29 is 14.3 Å². The van der Waals surface area contributed by atoms with Crippen LogP contribution >= 0.6 is 0 Å². The van der Waals surface area contributed by atoms with Crippen molar-refractivity contribution in [1.29, 1.82) is 0 Å². The van der Waals surface area contributed by atoms with Gasteiger partial charge >= 0.3 is 5.97 Å². The minimum atomic E-state index is -0.291. The molecular formula is C68H133NO3. The number of hydrogen-bond donors (Lipinski definition) is 0. The zero-order chi connectivity index (χ0) is 52.2. The number of hydrogen-bond acceptors (Lipinski definition) is 3. The van der Waals surface area contributed by atoms with Crippen molar-refractivity contribution in [2.75, 3.05) is 19.7 Å². The maximum Gasteiger partial charge on any atom is 0.309 e. The summed E-state index contributed by atoms with van der Waals surface area (Å²) in [5.41, 5.74) is 0. The largest absolute Gasteiger partial charge is 0.465 e. The van der Waals surface area contributed by atoms with Crippen LogP contribution in [0.1, 0.15) is 387 Å². The van der Waals surface area contributed by atoms with Crippen LogP contribution < -0.4 is 0 Å². The fourth-order valence-corrected chi connectivity index (χ4v) is 10.9. The van der Waals surface area contributed by atoms with E-state index in [1.165, 1.54) is 308 Å². The van der Waals surface area contributed by atoms with Crippen molar-refractivity contribution >= 4 is 11.9 Å². The molecule has 4 nitrogen and oxygen atoms in total. The molecule has 72 heavy (non-hydrogen) atoms. The quantitative estimate of drug-likeness (QED) is 0.0346. The Morgan fingerprint density at radius 3 is 0.875 bits per heavy atom. The van der Waals surface area contributed by atoms with E-state index in [1.807, 2.05) is 0 Å². The second-order valence-corrected chi connectivity index (χ2v) is 23.3. The lowest BCUT2D eigenvalue weighted by Gasteiger charge is -2.25. The monoisotopic (exact) mass is 1010 g/mol. The standard InChI is InChI=1S/C68H133NO3/c1-5-9-13-17-21-22-23-24-25-26-27-28-29-30-31-32-33-34-35-36-37-38-39-40-41-42-43-44-45-46-47-48-49-50-51-52-53-57-61-66(68(71)72-64-60-56-20-16-12-8-4)65-67(70)69(62-58-54-18-14-10-6-2)63-59-55-19-15-11-7-3/h31-32,66H,5-30,33-65H2,1-4H3/b32-31+. The van der Waals surface area contributed by atoms with E-state index in [2.05, 4.69) is 44.7 Å². The summed E-state index contributed by atoms with van der Waals surface area (Å²) >= 11 is 0. The van der Waals surface area contributed by atoms with Crippen LogP contribution in [-0.4, -0.2) is 36.5 Å². The van der Waals surface area contributed by atoms with Crippen molar-refractivity contribution in [3.05, 3.63) is 12.2 Å². The van der Waals surface area contributed by atoms with E-state index in [1.54, 1.807) is 0 Å². The highest BCUT2D eigenvalue weighted by Crippen LogP contribution is 2.22. The average molecular weight is 1010 g/mol. The summed E-state index contributed by atoms with van der Waals surface area (Å²) in [6.45, 7) is 11.3. The number of nitrogens with zero attached hydrogens (tertiary/aromatic N) is 1. The molecule has 428 valence electrons. The highest BCUT2D eigenvalue weighted by Gasteiger charge is 2.26. The highest BCUT2D eigenvalue weighted by molar-refractivity contribution is 5.83. The number of rotatable bonds is 62. The molecule has 0 aliphatic rings. The summed E-state index contributed by atoms with van der Waals surface area (Å²) in [7, 11) is 0. The maximum absolute atomic E-state index is 13.9. The van der Waals surface area contributed by atoms with Crippen LogP contribution in [0.2, 0.25) is 0 Å². The number of unbranched alkanes of at least 4 members (excludes halogenated alkanes) is 49. The number of carbonyl (C=O) groups is 2. The molecule has 0 aromatic rings. The van der Waals surface area contributed by atoms with E-state index in [0.717, 1.165) is 58.0 Å². The average Bonchev–Trinajstić information content (AvgIpc) is 3.38. The molecule has 1 unspecified atom stereocenters. The molecule has 1 atom stereocenters. The summed E-state index contributed by atoms with van der Waals surface area (Å²) in [5, 5.41) is 0. The van der Waals surface area contributed by atoms with E-state index in [4.69, 9.17) is 4.74 Å². The lowest BCUT2D eigenvalue weighted by atomic mass is 9.96. The van der Waals surface area contributed by atoms with Gasteiger partial charge in [-0.1, -0.05) is 342 Å². The van der Waals surface area contributed by atoms with E-state index >= 15 is 0 Å². The van der Waals surface area contributed by atoms with Crippen molar-refractivity contribution in [2.24, 2.45) is 5.92 Å². The summed E-state index contributed by atoms with van der Waals surface area (Å²) in [6, 6.07) is 0. The molecule has 1 amide bonds. The minimum Gasteiger partial charge on any atom is -0.465 e. The third kappa shape index (κ3) is 54.9.